The fourth-order valence-corrected chi connectivity index (χ4v) is 2.99. The van der Waals surface area contributed by atoms with E-state index in [0.717, 1.165) is 11.8 Å². The van der Waals surface area contributed by atoms with Gasteiger partial charge in [-0.2, -0.15) is 0 Å². The zero-order chi connectivity index (χ0) is 16.6. The maximum Gasteiger partial charge on any atom is 0.325 e. The third-order valence-electron chi connectivity index (χ3n) is 3.61. The van der Waals surface area contributed by atoms with Crippen molar-refractivity contribution in [2.75, 3.05) is 12.8 Å². The number of fused-ring (bicyclic) bond motifs is 1. The number of hydrogen-bond donors (Lipinski definition) is 2. The number of sulfone groups is 1. The molecule has 0 radical (unpaired) electrons. The van der Waals surface area contributed by atoms with Crippen molar-refractivity contribution in [3.05, 3.63) is 50.1 Å². The maximum absolute atomic E-state index is 11.7. The zero-order valence-electron chi connectivity index (χ0n) is 12.4. The summed E-state index contributed by atoms with van der Waals surface area (Å²) < 4.78 is 23.0. The van der Waals surface area contributed by atoms with E-state index in [2.05, 4.69) is 19.9 Å². The highest BCUT2D eigenvalue weighted by molar-refractivity contribution is 7.90. The number of hydrogen-bond acceptors (Lipinski definition) is 7. The van der Waals surface area contributed by atoms with E-state index in [9.17, 15) is 18.0 Å². The van der Waals surface area contributed by atoms with Gasteiger partial charge in [0.1, 0.15) is 0 Å². The Kier molecular flexibility index (Phi) is 3.86. The Morgan fingerprint density at radius 1 is 1.35 bits per heavy atom. The van der Waals surface area contributed by atoms with E-state index in [-0.39, 0.29) is 5.16 Å². The van der Waals surface area contributed by atoms with Crippen LogP contribution in [-0.4, -0.2) is 46.1 Å². The number of aromatic amines is 2. The fourth-order valence-electron chi connectivity index (χ4n) is 2.47. The number of nitrogens with one attached hydrogen (secondary N) is 2. The van der Waals surface area contributed by atoms with Gasteiger partial charge >= 0.3 is 5.69 Å². The van der Waals surface area contributed by atoms with Gasteiger partial charge in [-0.25, -0.2) is 23.2 Å². The molecule has 10 heteroatoms. The average Bonchev–Trinajstić information content (AvgIpc) is 2.48. The van der Waals surface area contributed by atoms with Gasteiger partial charge < -0.3 is 4.98 Å². The summed E-state index contributed by atoms with van der Waals surface area (Å²) in [5.41, 5.74) is 1.06. The molecule has 0 saturated carbocycles. The molecule has 1 aliphatic heterocycles. The quantitative estimate of drug-likeness (QED) is 0.674. The molecule has 0 saturated heterocycles. The van der Waals surface area contributed by atoms with Gasteiger partial charge in [0.2, 0.25) is 15.0 Å². The fraction of sp³-hybridized carbons (Fsp3) is 0.385. The van der Waals surface area contributed by atoms with Crippen molar-refractivity contribution in [2.45, 2.75) is 24.7 Å². The van der Waals surface area contributed by atoms with Crippen molar-refractivity contribution in [3.63, 3.8) is 0 Å². The van der Waals surface area contributed by atoms with Crippen LogP contribution in [0.5, 0.6) is 0 Å². The average molecular weight is 337 g/mol. The lowest BCUT2D eigenvalue weighted by Gasteiger charge is -2.27. The van der Waals surface area contributed by atoms with Crippen LogP contribution in [0.15, 0.2) is 27.1 Å². The van der Waals surface area contributed by atoms with Crippen molar-refractivity contribution in [3.8, 4) is 0 Å². The lowest BCUT2D eigenvalue weighted by molar-refractivity contribution is 0.240. The molecule has 0 aliphatic carbocycles. The van der Waals surface area contributed by atoms with E-state index in [4.69, 9.17) is 0 Å². The van der Waals surface area contributed by atoms with Crippen molar-refractivity contribution in [1.82, 2.24) is 24.8 Å². The van der Waals surface area contributed by atoms with Gasteiger partial charge in [0.05, 0.1) is 5.69 Å². The molecule has 23 heavy (non-hydrogen) atoms. The number of rotatable bonds is 3. The van der Waals surface area contributed by atoms with Crippen LogP contribution in [0.3, 0.4) is 0 Å². The second-order valence-electron chi connectivity index (χ2n) is 5.45. The topological polar surface area (TPSA) is 129 Å². The summed E-state index contributed by atoms with van der Waals surface area (Å²) in [5, 5.41) is -0.165. The standard InChI is InChI=1S/C13H15N5O4S/c1-23(21,22)13-15-4-8-6-18(3-2-10(8)16-13)7-9-5-14-12(20)17-11(9)19/h4-5H,2-3,6-7H2,1H3,(H2,14,17,19,20). The zero-order valence-corrected chi connectivity index (χ0v) is 13.2. The van der Waals surface area contributed by atoms with Crippen LogP contribution in [0, 0.1) is 0 Å². The predicted octanol–water partition coefficient (Wildman–Crippen LogP) is -1.18. The van der Waals surface area contributed by atoms with E-state index in [1.165, 1.54) is 12.4 Å². The third kappa shape index (κ3) is 3.37. The van der Waals surface area contributed by atoms with E-state index >= 15 is 0 Å². The van der Waals surface area contributed by atoms with Gasteiger partial charge in [0.25, 0.3) is 5.56 Å². The molecule has 2 aromatic rings. The maximum atomic E-state index is 11.7. The van der Waals surface area contributed by atoms with Crippen LogP contribution in [0.4, 0.5) is 0 Å². The minimum atomic E-state index is -3.42. The van der Waals surface area contributed by atoms with Crippen molar-refractivity contribution < 1.29 is 8.42 Å². The molecule has 122 valence electrons. The summed E-state index contributed by atoms with van der Waals surface area (Å²) in [6.07, 6.45) is 4.57. The first-order valence-corrected chi connectivity index (χ1v) is 8.80. The minimum Gasteiger partial charge on any atom is -0.314 e. The van der Waals surface area contributed by atoms with Crippen LogP contribution in [0.2, 0.25) is 0 Å². The minimum absolute atomic E-state index is 0.165. The smallest absolute Gasteiger partial charge is 0.314 e. The summed E-state index contributed by atoms with van der Waals surface area (Å²) in [5.74, 6) is 0. The van der Waals surface area contributed by atoms with Gasteiger partial charge in [0, 0.05) is 55.8 Å². The summed E-state index contributed by atoms with van der Waals surface area (Å²) >= 11 is 0. The monoisotopic (exact) mass is 337 g/mol. The van der Waals surface area contributed by atoms with E-state index < -0.39 is 21.1 Å². The molecule has 0 spiro atoms. The van der Waals surface area contributed by atoms with Crippen LogP contribution < -0.4 is 11.2 Å². The molecule has 0 unspecified atom stereocenters. The molecule has 0 amide bonds. The highest BCUT2D eigenvalue weighted by Gasteiger charge is 2.21. The molecular weight excluding hydrogens is 322 g/mol. The first-order valence-electron chi connectivity index (χ1n) is 6.91. The molecule has 2 aromatic heterocycles. The Morgan fingerprint density at radius 3 is 2.83 bits per heavy atom. The van der Waals surface area contributed by atoms with Gasteiger partial charge in [-0.1, -0.05) is 0 Å². The lowest BCUT2D eigenvalue weighted by Crippen LogP contribution is -2.34. The molecule has 0 bridgehead atoms. The second-order valence-corrected chi connectivity index (χ2v) is 7.36. The summed E-state index contributed by atoms with van der Waals surface area (Å²) in [6, 6.07) is 0. The molecule has 0 fully saturated rings. The molecule has 1 aliphatic rings. The SMILES string of the molecule is CS(=O)(=O)c1ncc2c(n1)CCN(Cc1c[nH]c(=O)[nH]c1=O)C2. The van der Waals surface area contributed by atoms with Gasteiger partial charge in [-0.05, 0) is 0 Å². The van der Waals surface area contributed by atoms with Crippen molar-refractivity contribution >= 4 is 9.84 Å². The Hall–Kier alpha value is -2.33. The van der Waals surface area contributed by atoms with Crippen LogP contribution >= 0.6 is 0 Å². The van der Waals surface area contributed by atoms with Gasteiger partial charge in [0.15, 0.2) is 0 Å². The molecule has 0 atom stereocenters. The van der Waals surface area contributed by atoms with E-state index in [0.29, 0.717) is 37.3 Å². The Labute approximate surface area is 131 Å². The first kappa shape index (κ1) is 15.6. The molecular formula is C13H15N5O4S. The Morgan fingerprint density at radius 2 is 2.13 bits per heavy atom. The van der Waals surface area contributed by atoms with E-state index in [1.807, 2.05) is 4.90 Å². The number of aromatic nitrogens is 4. The van der Waals surface area contributed by atoms with Gasteiger partial charge in [-0.15, -0.1) is 0 Å². The summed E-state index contributed by atoms with van der Waals surface area (Å²) in [4.78, 5) is 37.4. The highest BCUT2D eigenvalue weighted by atomic mass is 32.2. The first-order chi connectivity index (χ1) is 10.8. The van der Waals surface area contributed by atoms with E-state index in [1.54, 1.807) is 0 Å². The molecule has 9 nitrogen and oxygen atoms in total. The summed E-state index contributed by atoms with van der Waals surface area (Å²) in [6.45, 7) is 1.52. The molecule has 3 heterocycles. The highest BCUT2D eigenvalue weighted by Crippen LogP contribution is 2.18. The van der Waals surface area contributed by atoms with Crippen LogP contribution in [0.1, 0.15) is 16.8 Å². The van der Waals surface area contributed by atoms with Crippen molar-refractivity contribution in [1.29, 1.82) is 0 Å². The summed E-state index contributed by atoms with van der Waals surface area (Å²) in [7, 11) is -3.42. The lowest BCUT2D eigenvalue weighted by atomic mass is 10.1. The predicted molar refractivity (Wildman–Crippen MR) is 80.6 cm³/mol. The van der Waals surface area contributed by atoms with Crippen LogP contribution in [0.25, 0.3) is 0 Å². The number of H-pyrrole nitrogens is 2. The largest absolute Gasteiger partial charge is 0.325 e. The molecule has 3 rings (SSSR count). The Bertz CT molecular complexity index is 963. The third-order valence-corrected chi connectivity index (χ3v) is 4.47. The normalized spacial score (nSPS) is 15.3. The molecule has 2 N–H and O–H groups in total. The van der Waals surface area contributed by atoms with Crippen LogP contribution in [-0.2, 0) is 29.3 Å². The number of nitrogens with zero attached hydrogens (tertiary/aromatic N) is 3. The van der Waals surface area contributed by atoms with Crippen molar-refractivity contribution in [2.24, 2.45) is 0 Å². The second kappa shape index (κ2) is 5.70. The van der Waals surface area contributed by atoms with Gasteiger partial charge in [-0.3, -0.25) is 14.7 Å². The molecule has 0 aromatic carbocycles. The Balaban J connectivity index is 1.81.